The van der Waals surface area contributed by atoms with E-state index >= 15 is 0 Å². The molecule has 0 heterocycles. The number of hydrogen-bond donors (Lipinski definition) is 3. The number of rotatable bonds is 7. The van der Waals surface area contributed by atoms with Gasteiger partial charge in [0, 0.05) is 5.92 Å². The van der Waals surface area contributed by atoms with E-state index in [1.54, 1.807) is 5.57 Å². The van der Waals surface area contributed by atoms with E-state index in [1.165, 1.54) is 51.4 Å². The van der Waals surface area contributed by atoms with Crippen molar-refractivity contribution in [2.45, 2.75) is 89.8 Å². The maximum Gasteiger partial charge on any atom is 0.0749 e. The molecule has 0 bridgehead atoms. The lowest BCUT2D eigenvalue weighted by Gasteiger charge is -2.19. The summed E-state index contributed by atoms with van der Waals surface area (Å²) in [5.74, 6) is 1.97. The summed E-state index contributed by atoms with van der Waals surface area (Å²) in [5, 5.41) is 23.6. The molecule has 5 atom stereocenters. The highest BCUT2D eigenvalue weighted by Crippen LogP contribution is 2.50. The fraction of sp³-hybridized carbons (Fsp3) is 0.833. The third-order valence-corrected chi connectivity index (χ3v) is 6.76. The quantitative estimate of drug-likeness (QED) is 0.439. The summed E-state index contributed by atoms with van der Waals surface area (Å²) in [6.45, 7) is 2.26. The molecule has 0 amide bonds. The Morgan fingerprint density at radius 3 is 2.52 bits per heavy atom. The van der Waals surface area contributed by atoms with E-state index in [2.05, 4.69) is 24.4 Å². The van der Waals surface area contributed by atoms with Crippen LogP contribution < -0.4 is 5.32 Å². The van der Waals surface area contributed by atoms with E-state index in [4.69, 9.17) is 0 Å². The molecule has 3 heteroatoms. The largest absolute Gasteiger partial charge is 0.392 e. The summed E-state index contributed by atoms with van der Waals surface area (Å²) >= 11 is 0. The predicted molar refractivity (Wildman–Crippen MR) is 115 cm³/mol. The van der Waals surface area contributed by atoms with Gasteiger partial charge in [0.25, 0.3) is 0 Å². The van der Waals surface area contributed by atoms with Crippen molar-refractivity contribution in [3.63, 3.8) is 0 Å². The van der Waals surface area contributed by atoms with E-state index in [0.29, 0.717) is 17.8 Å². The number of allylic oxidation sites excluding steroid dienone is 2. The van der Waals surface area contributed by atoms with Gasteiger partial charge in [-0.15, -0.1) is 0 Å². The van der Waals surface area contributed by atoms with Gasteiger partial charge < -0.3 is 15.5 Å². The molecular formula is C24H43NO2. The van der Waals surface area contributed by atoms with E-state index in [-0.39, 0.29) is 18.1 Å². The van der Waals surface area contributed by atoms with Crippen molar-refractivity contribution in [1.82, 2.24) is 5.32 Å². The Morgan fingerprint density at radius 2 is 1.85 bits per heavy atom. The van der Waals surface area contributed by atoms with Gasteiger partial charge in [0.2, 0.25) is 0 Å². The minimum Gasteiger partial charge on any atom is -0.392 e. The van der Waals surface area contributed by atoms with Crippen LogP contribution in [-0.2, 0) is 0 Å². The minimum absolute atomic E-state index is 0.200. The minimum atomic E-state index is -0.302. The summed E-state index contributed by atoms with van der Waals surface area (Å²) in [5.41, 5.74) is 1.63. The van der Waals surface area contributed by atoms with Gasteiger partial charge in [-0.2, -0.15) is 0 Å². The van der Waals surface area contributed by atoms with Gasteiger partial charge in [-0.3, -0.25) is 0 Å². The first kappa shape index (κ1) is 22.6. The molecule has 0 spiro atoms. The zero-order chi connectivity index (χ0) is 19.6. The molecular weight excluding hydrogens is 334 g/mol. The van der Waals surface area contributed by atoms with Crippen LogP contribution >= 0.6 is 0 Å². The highest BCUT2D eigenvalue weighted by atomic mass is 16.3. The first-order valence-electron chi connectivity index (χ1n) is 11.4. The number of aliphatic hydroxyl groups excluding tert-OH is 2. The van der Waals surface area contributed by atoms with Gasteiger partial charge in [-0.1, -0.05) is 56.4 Å². The Hall–Kier alpha value is -0.640. The molecule has 3 fully saturated rings. The van der Waals surface area contributed by atoms with Crippen molar-refractivity contribution in [3.8, 4) is 0 Å². The van der Waals surface area contributed by atoms with Crippen molar-refractivity contribution in [2.75, 3.05) is 14.1 Å². The average Bonchev–Trinajstić information content (AvgIpc) is 3.35. The van der Waals surface area contributed by atoms with Gasteiger partial charge in [0.15, 0.2) is 0 Å². The molecule has 0 aliphatic heterocycles. The molecule has 27 heavy (non-hydrogen) atoms. The second kappa shape index (κ2) is 12.0. The van der Waals surface area contributed by atoms with E-state index in [1.807, 2.05) is 20.2 Å². The van der Waals surface area contributed by atoms with Crippen LogP contribution in [0, 0.1) is 23.7 Å². The van der Waals surface area contributed by atoms with Crippen LogP contribution in [0.2, 0.25) is 0 Å². The van der Waals surface area contributed by atoms with Crippen LogP contribution in [0.5, 0.6) is 0 Å². The van der Waals surface area contributed by atoms with Crippen LogP contribution in [0.25, 0.3) is 0 Å². The Bertz CT molecular complexity index is 467. The van der Waals surface area contributed by atoms with Crippen molar-refractivity contribution in [2.24, 2.45) is 23.7 Å². The first-order chi connectivity index (χ1) is 13.1. The van der Waals surface area contributed by atoms with Gasteiger partial charge in [-0.25, -0.2) is 0 Å². The predicted octanol–water partition coefficient (Wildman–Crippen LogP) is 4.84. The monoisotopic (exact) mass is 377 g/mol. The molecule has 0 aromatic carbocycles. The van der Waals surface area contributed by atoms with Crippen LogP contribution in [0.1, 0.15) is 77.6 Å². The number of aliphatic hydroxyl groups is 2. The van der Waals surface area contributed by atoms with Gasteiger partial charge >= 0.3 is 0 Å². The number of unbranched alkanes of at least 4 members (excludes halogenated alkanes) is 3. The Kier molecular flexibility index (Phi) is 10.1. The van der Waals surface area contributed by atoms with Crippen LogP contribution in [0.3, 0.4) is 0 Å². The summed E-state index contributed by atoms with van der Waals surface area (Å²) in [7, 11) is 3.75. The fourth-order valence-electron chi connectivity index (χ4n) is 5.34. The zero-order valence-electron chi connectivity index (χ0n) is 17.9. The maximum absolute atomic E-state index is 10.5. The smallest absolute Gasteiger partial charge is 0.0749 e. The van der Waals surface area contributed by atoms with E-state index < -0.39 is 0 Å². The molecule has 3 aliphatic carbocycles. The van der Waals surface area contributed by atoms with Crippen LogP contribution in [-0.4, -0.2) is 36.5 Å². The maximum atomic E-state index is 10.5. The molecule has 0 aromatic heterocycles. The molecule has 0 aromatic rings. The number of fused-ring (bicyclic) bond motifs is 1. The Labute approximate surface area is 167 Å². The molecule has 3 nitrogen and oxygen atoms in total. The van der Waals surface area contributed by atoms with Crippen LogP contribution in [0.15, 0.2) is 23.8 Å². The van der Waals surface area contributed by atoms with Gasteiger partial charge in [0.1, 0.15) is 0 Å². The van der Waals surface area contributed by atoms with Crippen molar-refractivity contribution in [3.05, 3.63) is 23.8 Å². The second-order valence-corrected chi connectivity index (χ2v) is 8.99. The third kappa shape index (κ3) is 6.73. The molecule has 3 aliphatic rings. The SMILES string of the molecule is CCCCCC=C1C[C@H]2C[C@@H](O)[C@H](C=C[C@@H](O)C3CCCC3)[C@H]2C1.CNC. The lowest BCUT2D eigenvalue weighted by molar-refractivity contribution is 0.135. The fourth-order valence-corrected chi connectivity index (χ4v) is 5.34. The van der Waals surface area contributed by atoms with Gasteiger partial charge in [-0.05, 0) is 76.8 Å². The Morgan fingerprint density at radius 1 is 1.15 bits per heavy atom. The topological polar surface area (TPSA) is 52.5 Å². The summed E-state index contributed by atoms with van der Waals surface area (Å²) in [4.78, 5) is 0. The zero-order valence-corrected chi connectivity index (χ0v) is 17.9. The normalized spacial score (nSPS) is 33.4. The molecule has 0 radical (unpaired) electrons. The first-order valence-corrected chi connectivity index (χ1v) is 11.4. The molecule has 0 unspecified atom stereocenters. The lowest BCUT2D eigenvalue weighted by Crippen LogP contribution is -2.19. The summed E-state index contributed by atoms with van der Waals surface area (Å²) < 4.78 is 0. The summed E-state index contributed by atoms with van der Waals surface area (Å²) in [6, 6.07) is 0. The van der Waals surface area contributed by atoms with Crippen molar-refractivity contribution in [1.29, 1.82) is 0 Å². The summed E-state index contributed by atoms with van der Waals surface area (Å²) in [6.07, 6.45) is 19.5. The lowest BCUT2D eigenvalue weighted by atomic mass is 9.89. The second-order valence-electron chi connectivity index (χ2n) is 8.99. The number of nitrogens with one attached hydrogen (secondary N) is 1. The molecule has 3 rings (SSSR count). The Balaban J connectivity index is 0.000000817. The third-order valence-electron chi connectivity index (χ3n) is 6.76. The van der Waals surface area contributed by atoms with E-state index in [9.17, 15) is 10.2 Å². The highest BCUT2D eigenvalue weighted by Gasteiger charge is 2.45. The molecule has 3 N–H and O–H groups in total. The average molecular weight is 378 g/mol. The van der Waals surface area contributed by atoms with E-state index in [0.717, 1.165) is 19.3 Å². The molecule has 3 saturated carbocycles. The molecule has 0 saturated heterocycles. The van der Waals surface area contributed by atoms with Crippen molar-refractivity contribution < 1.29 is 10.2 Å². The molecule has 156 valence electrons. The van der Waals surface area contributed by atoms with Crippen LogP contribution in [0.4, 0.5) is 0 Å². The van der Waals surface area contributed by atoms with Crippen molar-refractivity contribution >= 4 is 0 Å². The standard InChI is InChI=1S/C22H36O2.C2H7N/c1-2-3-4-5-8-16-13-18-15-22(24)19(20(18)14-16)11-12-21(23)17-9-6-7-10-17;1-3-2/h8,11-12,17-24H,2-7,9-10,13-15H2,1H3;3H,1-2H3/t18-,19+,20-,21+,22+;/m0./s1. The number of hydrogen-bond acceptors (Lipinski definition) is 3. The van der Waals surface area contributed by atoms with Gasteiger partial charge in [0.05, 0.1) is 12.2 Å². The highest BCUT2D eigenvalue weighted by molar-refractivity contribution is 5.18.